The summed E-state index contributed by atoms with van der Waals surface area (Å²) in [5, 5.41) is 2.53. The van der Waals surface area contributed by atoms with Crippen molar-refractivity contribution in [2.75, 3.05) is 5.32 Å². The molecular weight excluding hydrogens is 324 g/mol. The molecule has 0 spiro atoms. The van der Waals surface area contributed by atoms with Crippen LogP contribution in [-0.4, -0.2) is 34.2 Å². The van der Waals surface area contributed by atoms with Gasteiger partial charge in [0.15, 0.2) is 0 Å². The van der Waals surface area contributed by atoms with Crippen molar-refractivity contribution in [2.45, 2.75) is 38.9 Å². The van der Waals surface area contributed by atoms with Crippen LogP contribution in [0.3, 0.4) is 0 Å². The lowest BCUT2D eigenvalue weighted by Crippen LogP contribution is -2.41. The molecule has 1 N–H and O–H groups in total. The number of amides is 1. The predicted molar refractivity (Wildman–Crippen MR) is 92.1 cm³/mol. The molecule has 25 heavy (non-hydrogen) atoms. The van der Waals surface area contributed by atoms with Crippen LogP contribution in [0.4, 0.5) is 10.1 Å². The third kappa shape index (κ3) is 3.27. The second-order valence-electron chi connectivity index (χ2n) is 6.88. The van der Waals surface area contributed by atoms with Crippen molar-refractivity contribution in [3.05, 3.63) is 48.3 Å². The Balaban J connectivity index is 1.85. The number of nitrogens with one attached hydrogen (secondary N) is 1. The van der Waals surface area contributed by atoms with E-state index >= 15 is 0 Å². The zero-order chi connectivity index (χ0) is 18.2. The molecule has 6 nitrogen and oxygen atoms in total. The van der Waals surface area contributed by atoms with Crippen molar-refractivity contribution in [2.24, 2.45) is 0 Å². The summed E-state index contributed by atoms with van der Waals surface area (Å²) in [4.78, 5) is 19.7. The van der Waals surface area contributed by atoms with Crippen LogP contribution in [0.5, 0.6) is 0 Å². The topological polar surface area (TPSA) is 73.3 Å². The fourth-order valence-electron chi connectivity index (χ4n) is 2.41. The number of rotatable bonds is 3. The van der Waals surface area contributed by atoms with Gasteiger partial charge in [0.05, 0.1) is 22.5 Å². The normalized spacial score (nSPS) is 18.2. The Hall–Kier alpha value is -2.32. The molecule has 0 saturated carbocycles. The third-order valence-electron chi connectivity index (χ3n) is 4.61. The Morgan fingerprint density at radius 3 is 2.32 bits per heavy atom. The smallest absolute Gasteiger partial charge is 0.399 e. The first-order valence-corrected chi connectivity index (χ1v) is 7.92. The molecule has 2 heterocycles. The molecule has 1 amide bonds. The van der Waals surface area contributed by atoms with Crippen molar-refractivity contribution in [3.63, 3.8) is 0 Å². The van der Waals surface area contributed by atoms with Gasteiger partial charge in [-0.15, -0.1) is 0 Å². The first kappa shape index (κ1) is 17.5. The van der Waals surface area contributed by atoms with Crippen LogP contribution in [0, 0.1) is 5.82 Å². The maximum atomic E-state index is 14.9. The Morgan fingerprint density at radius 1 is 1.12 bits per heavy atom. The highest BCUT2D eigenvalue weighted by atomic mass is 19.1. The van der Waals surface area contributed by atoms with E-state index in [1.165, 1.54) is 24.8 Å². The van der Waals surface area contributed by atoms with Crippen LogP contribution in [-0.2, 0) is 9.31 Å². The molecule has 1 aromatic carbocycles. The first-order chi connectivity index (χ1) is 11.7. The number of carbonyl (C=O) groups excluding carboxylic acids is 1. The van der Waals surface area contributed by atoms with Crippen LogP contribution in [0.15, 0.2) is 36.9 Å². The molecule has 1 fully saturated rings. The van der Waals surface area contributed by atoms with Gasteiger partial charge >= 0.3 is 7.12 Å². The van der Waals surface area contributed by atoms with Gasteiger partial charge < -0.3 is 14.6 Å². The minimum atomic E-state index is -0.845. The van der Waals surface area contributed by atoms with Crippen molar-refractivity contribution in [3.8, 4) is 0 Å². The average molecular weight is 343 g/mol. The van der Waals surface area contributed by atoms with Crippen LogP contribution in [0.1, 0.15) is 38.1 Å². The van der Waals surface area contributed by atoms with E-state index in [-0.39, 0.29) is 16.7 Å². The second kappa shape index (κ2) is 6.20. The van der Waals surface area contributed by atoms with E-state index in [9.17, 15) is 9.18 Å². The molecule has 0 unspecified atom stereocenters. The summed E-state index contributed by atoms with van der Waals surface area (Å²) in [5.74, 6) is -1.09. The highest BCUT2D eigenvalue weighted by Crippen LogP contribution is 2.36. The second-order valence-corrected chi connectivity index (χ2v) is 6.88. The lowest BCUT2D eigenvalue weighted by Gasteiger charge is -2.32. The van der Waals surface area contributed by atoms with Gasteiger partial charge in [0, 0.05) is 17.9 Å². The van der Waals surface area contributed by atoms with Crippen molar-refractivity contribution in [1.82, 2.24) is 9.97 Å². The molecule has 1 aromatic heterocycles. The number of benzene rings is 1. The Morgan fingerprint density at radius 2 is 1.72 bits per heavy atom. The summed E-state index contributed by atoms with van der Waals surface area (Å²) >= 11 is 0. The van der Waals surface area contributed by atoms with Gasteiger partial charge in [-0.1, -0.05) is 12.1 Å². The van der Waals surface area contributed by atoms with Crippen molar-refractivity contribution in [1.29, 1.82) is 0 Å². The molecule has 0 atom stereocenters. The number of aromatic nitrogens is 2. The van der Waals surface area contributed by atoms with Gasteiger partial charge in [-0.2, -0.15) is 0 Å². The molecule has 0 radical (unpaired) electrons. The van der Waals surface area contributed by atoms with Gasteiger partial charge in [0.1, 0.15) is 12.1 Å². The van der Waals surface area contributed by atoms with Crippen LogP contribution >= 0.6 is 0 Å². The van der Waals surface area contributed by atoms with Gasteiger partial charge in [0.2, 0.25) is 0 Å². The zero-order valence-electron chi connectivity index (χ0n) is 14.5. The molecule has 130 valence electrons. The van der Waals surface area contributed by atoms with E-state index in [2.05, 4.69) is 15.3 Å². The van der Waals surface area contributed by atoms with Crippen molar-refractivity contribution >= 4 is 24.2 Å². The highest BCUT2D eigenvalue weighted by molar-refractivity contribution is 6.62. The van der Waals surface area contributed by atoms with Gasteiger partial charge in [-0.05, 0) is 33.8 Å². The summed E-state index contributed by atoms with van der Waals surface area (Å²) in [5.41, 5.74) is -0.639. The third-order valence-corrected chi connectivity index (χ3v) is 4.61. The predicted octanol–water partition coefficient (Wildman–Crippen LogP) is 2.17. The molecular formula is C17H19BFN3O3. The fraction of sp³-hybridized carbons (Fsp3) is 0.353. The Labute approximate surface area is 145 Å². The molecule has 3 rings (SSSR count). The number of carbonyl (C=O) groups is 1. The Bertz CT molecular complexity index is 783. The molecule has 1 aliphatic rings. The van der Waals surface area contributed by atoms with E-state index in [4.69, 9.17) is 9.31 Å². The van der Waals surface area contributed by atoms with E-state index in [0.29, 0.717) is 0 Å². The van der Waals surface area contributed by atoms with E-state index in [0.717, 1.165) is 0 Å². The van der Waals surface area contributed by atoms with Crippen LogP contribution in [0.2, 0.25) is 0 Å². The van der Waals surface area contributed by atoms with Crippen LogP contribution in [0.25, 0.3) is 0 Å². The zero-order valence-corrected chi connectivity index (χ0v) is 14.5. The quantitative estimate of drug-likeness (QED) is 0.865. The lowest BCUT2D eigenvalue weighted by molar-refractivity contribution is 0.00578. The lowest BCUT2D eigenvalue weighted by atomic mass is 9.78. The van der Waals surface area contributed by atoms with Crippen molar-refractivity contribution < 1.29 is 18.5 Å². The van der Waals surface area contributed by atoms with Gasteiger partial charge in [0.25, 0.3) is 5.91 Å². The summed E-state index contributed by atoms with van der Waals surface area (Å²) in [6.45, 7) is 7.58. The fourth-order valence-corrected chi connectivity index (χ4v) is 2.41. The number of nitrogens with zero attached hydrogens (tertiary/aromatic N) is 2. The monoisotopic (exact) mass is 343 g/mol. The van der Waals surface area contributed by atoms with E-state index in [1.807, 2.05) is 27.7 Å². The summed E-state index contributed by atoms with van der Waals surface area (Å²) in [6.07, 6.45) is 4.03. The van der Waals surface area contributed by atoms with Crippen LogP contribution < -0.4 is 10.8 Å². The maximum Gasteiger partial charge on any atom is 0.497 e. The minimum Gasteiger partial charge on any atom is -0.399 e. The summed E-state index contributed by atoms with van der Waals surface area (Å²) in [7, 11) is -0.845. The largest absolute Gasteiger partial charge is 0.497 e. The number of halogens is 1. The first-order valence-electron chi connectivity index (χ1n) is 7.92. The maximum absolute atomic E-state index is 14.9. The standard InChI is InChI=1S/C17H19BFN3O3/c1-16(2)17(3,4)25-18(24-16)12-6-5-7-13(14(12)19)22-15(23)11-8-20-10-21-9-11/h5-10H,1-4H3,(H,22,23). The van der Waals surface area contributed by atoms with Gasteiger partial charge in [-0.3, -0.25) is 4.79 Å². The molecule has 0 bridgehead atoms. The SMILES string of the molecule is CC1(C)OB(c2cccc(NC(=O)c3cncnc3)c2F)OC1(C)C. The average Bonchev–Trinajstić information content (AvgIpc) is 2.78. The highest BCUT2D eigenvalue weighted by Gasteiger charge is 2.52. The summed E-state index contributed by atoms with van der Waals surface area (Å²) in [6, 6.07) is 4.70. The Kier molecular flexibility index (Phi) is 4.34. The number of hydrogen-bond acceptors (Lipinski definition) is 5. The molecule has 1 aliphatic heterocycles. The molecule has 0 aliphatic carbocycles. The minimum absolute atomic E-state index is 0.0427. The van der Waals surface area contributed by atoms with E-state index in [1.54, 1.807) is 12.1 Å². The molecule has 1 saturated heterocycles. The van der Waals surface area contributed by atoms with Gasteiger partial charge in [-0.25, -0.2) is 14.4 Å². The van der Waals surface area contributed by atoms with E-state index < -0.39 is 30.0 Å². The summed E-state index contributed by atoms with van der Waals surface area (Å²) < 4.78 is 26.7. The molecule has 2 aromatic rings. The molecule has 8 heteroatoms. The number of anilines is 1. The number of hydrogen-bond donors (Lipinski definition) is 1.